The molecule has 5 heteroatoms. The third-order valence-electron chi connectivity index (χ3n) is 0.498. The van der Waals surface area contributed by atoms with E-state index < -0.39 is 0 Å². The van der Waals surface area contributed by atoms with E-state index >= 15 is 0 Å². The molecular weight excluding hydrogens is 254 g/mol. The van der Waals surface area contributed by atoms with Gasteiger partial charge in [0.05, 0.1) is 6.42 Å². The van der Waals surface area contributed by atoms with Crippen LogP contribution >= 0.6 is 8.86 Å². The van der Waals surface area contributed by atoms with E-state index in [9.17, 15) is 9.59 Å². The Morgan fingerprint density at radius 1 is 1.27 bits per heavy atom. The van der Waals surface area contributed by atoms with Gasteiger partial charge in [-0.25, -0.2) is 4.79 Å². The van der Waals surface area contributed by atoms with Crippen LogP contribution in [-0.4, -0.2) is 17.2 Å². The summed E-state index contributed by atoms with van der Waals surface area (Å²) < 4.78 is 0. The minimum Gasteiger partial charge on any atom is -0.300 e. The third kappa shape index (κ3) is 41.0. The molecule has 65 valence electrons. The van der Waals surface area contributed by atoms with E-state index in [2.05, 4.69) is 8.86 Å². The summed E-state index contributed by atoms with van der Waals surface area (Å²) in [5, 5.41) is 0. The van der Waals surface area contributed by atoms with E-state index in [4.69, 9.17) is 4.79 Å². The van der Waals surface area contributed by atoms with Crippen LogP contribution in [0.4, 0.5) is 0 Å². The zero-order valence-electron chi connectivity index (χ0n) is 6.27. The van der Waals surface area contributed by atoms with E-state index in [-0.39, 0.29) is 37.5 Å². The molecule has 0 spiro atoms. The molecule has 0 aliphatic heterocycles. The van der Waals surface area contributed by atoms with Gasteiger partial charge in [0.2, 0.25) is 0 Å². The number of ketones is 2. The van der Waals surface area contributed by atoms with Crippen LogP contribution in [0, 0.1) is 0 Å². The summed E-state index contributed by atoms with van der Waals surface area (Å²) in [5.74, 6) is -0.125. The van der Waals surface area contributed by atoms with Crippen molar-refractivity contribution < 1.29 is 33.9 Å². The van der Waals surface area contributed by atoms with Crippen LogP contribution in [0.3, 0.4) is 0 Å². The predicted molar refractivity (Wildman–Crippen MR) is 40.0 cm³/mol. The van der Waals surface area contributed by atoms with Gasteiger partial charge in [-0.3, -0.25) is 9.59 Å². The fourth-order valence-corrected chi connectivity index (χ4v) is 0.351. The second kappa shape index (κ2) is 12.5. The summed E-state index contributed by atoms with van der Waals surface area (Å²) in [6.07, 6.45) is 0.0833. The first kappa shape index (κ1) is 17.1. The topological polar surface area (TPSA) is 51.2 Å². The fraction of sp³-hybridized carbons (Fsp3) is 0.500. The van der Waals surface area contributed by atoms with E-state index in [0.717, 1.165) is 0 Å². The first-order valence-electron chi connectivity index (χ1n) is 2.57. The Bertz CT molecular complexity index is 149. The summed E-state index contributed by atoms with van der Waals surface area (Å²) in [6.45, 7) is 2.81. The monoisotopic (exact) mass is 263 g/mol. The van der Waals surface area contributed by atoms with Gasteiger partial charge in [-0.05, 0) is 22.7 Å². The van der Waals surface area contributed by atoms with Crippen molar-refractivity contribution in [3.63, 3.8) is 0 Å². The number of carbonyl (C=O) groups is 2. The Hall–Kier alpha value is -0.157. The SMILES string of the molecule is CC(=O)CC(C)=O.O=C=P.[Rh]. The Labute approximate surface area is 80.5 Å². The van der Waals surface area contributed by atoms with Crippen LogP contribution in [0.25, 0.3) is 0 Å². The molecule has 0 atom stereocenters. The molecule has 0 saturated carbocycles. The van der Waals surface area contributed by atoms with Gasteiger partial charge in [-0.1, -0.05) is 0 Å². The Morgan fingerprint density at radius 2 is 1.45 bits per heavy atom. The van der Waals surface area contributed by atoms with Crippen molar-refractivity contribution in [3.05, 3.63) is 0 Å². The quantitative estimate of drug-likeness (QED) is 0.419. The molecule has 0 aliphatic rings. The fourth-order valence-electron chi connectivity index (χ4n) is 0.351. The van der Waals surface area contributed by atoms with Crippen molar-refractivity contribution in [2.24, 2.45) is 0 Å². The molecule has 0 N–H and O–H groups in total. The maximum absolute atomic E-state index is 10.0. The zero-order valence-corrected chi connectivity index (χ0v) is 8.90. The van der Waals surface area contributed by atoms with E-state index in [0.29, 0.717) is 0 Å². The molecule has 0 amide bonds. The molecule has 0 heterocycles. The molecule has 0 rings (SSSR count). The second-order valence-electron chi connectivity index (χ2n) is 1.68. The number of carbonyl (C=O) groups excluding carboxylic acids is 3. The summed E-state index contributed by atoms with van der Waals surface area (Å²) in [7, 11) is 2.38. The van der Waals surface area contributed by atoms with Crippen molar-refractivity contribution in [1.29, 1.82) is 0 Å². The molecular formula is C6H9O3PRh. The van der Waals surface area contributed by atoms with Gasteiger partial charge in [-0.15, -0.1) is 0 Å². The molecule has 0 aromatic rings. The van der Waals surface area contributed by atoms with Gasteiger partial charge in [0.1, 0.15) is 17.2 Å². The van der Waals surface area contributed by atoms with Gasteiger partial charge in [0.15, 0.2) is 0 Å². The van der Waals surface area contributed by atoms with Gasteiger partial charge in [0.25, 0.3) is 0 Å². The van der Waals surface area contributed by atoms with Gasteiger partial charge in [0, 0.05) is 19.5 Å². The molecule has 0 bridgehead atoms. The average Bonchev–Trinajstić information content (AvgIpc) is 1.62. The Balaban J connectivity index is -0.000000140. The minimum atomic E-state index is -0.0625. The van der Waals surface area contributed by atoms with Gasteiger partial charge >= 0.3 is 0 Å². The van der Waals surface area contributed by atoms with Crippen molar-refractivity contribution in [1.82, 2.24) is 0 Å². The van der Waals surface area contributed by atoms with Crippen molar-refractivity contribution in [3.8, 4) is 0 Å². The number of rotatable bonds is 2. The van der Waals surface area contributed by atoms with E-state index in [1.54, 1.807) is 0 Å². The van der Waals surface area contributed by atoms with Crippen LogP contribution in [-0.2, 0) is 33.9 Å². The van der Waals surface area contributed by atoms with Crippen LogP contribution in [0.1, 0.15) is 20.3 Å². The molecule has 0 aromatic heterocycles. The maximum atomic E-state index is 10.0. The summed E-state index contributed by atoms with van der Waals surface area (Å²) >= 11 is 0. The van der Waals surface area contributed by atoms with E-state index in [1.165, 1.54) is 19.5 Å². The Kier molecular flexibility index (Phi) is 19.4. The first-order chi connectivity index (χ1) is 4.54. The standard InChI is InChI=1S/C5H8O2.CHOP.Rh/c1-4(6)3-5(2)7;2-1-3;/h3H2,1-2H3;3H;. The summed E-state index contributed by atoms with van der Waals surface area (Å²) in [4.78, 5) is 28.7. The largest absolute Gasteiger partial charge is 0.300 e. The third-order valence-corrected chi connectivity index (χ3v) is 0.498. The van der Waals surface area contributed by atoms with Gasteiger partial charge < -0.3 is 0 Å². The van der Waals surface area contributed by atoms with Crippen LogP contribution in [0.2, 0.25) is 0 Å². The molecule has 0 unspecified atom stereocenters. The molecule has 0 aromatic carbocycles. The average molecular weight is 263 g/mol. The van der Waals surface area contributed by atoms with E-state index in [1.807, 2.05) is 0 Å². The molecule has 0 fully saturated rings. The Morgan fingerprint density at radius 3 is 1.45 bits per heavy atom. The first-order valence-corrected chi connectivity index (χ1v) is 3.07. The van der Waals surface area contributed by atoms with Crippen molar-refractivity contribution >= 4 is 26.1 Å². The van der Waals surface area contributed by atoms with Crippen LogP contribution in [0.5, 0.6) is 0 Å². The van der Waals surface area contributed by atoms with Crippen molar-refractivity contribution in [2.45, 2.75) is 20.3 Å². The normalized spacial score (nSPS) is 6.00. The minimum absolute atomic E-state index is 0. The number of hydrogen-bond donors (Lipinski definition) is 0. The molecule has 0 aliphatic carbocycles. The summed E-state index contributed by atoms with van der Waals surface area (Å²) in [6, 6.07) is 0. The predicted octanol–water partition coefficient (Wildman–Crippen LogP) is 0.748. The smallest absolute Gasteiger partial charge is 0.146 e. The number of Topliss-reactive ketones (excluding diaryl/α,β-unsaturated/α-hetero) is 2. The molecule has 11 heavy (non-hydrogen) atoms. The van der Waals surface area contributed by atoms with Gasteiger partial charge in [-0.2, -0.15) is 0 Å². The second-order valence-corrected chi connectivity index (χ2v) is 1.89. The van der Waals surface area contributed by atoms with Crippen LogP contribution < -0.4 is 0 Å². The van der Waals surface area contributed by atoms with Crippen LogP contribution in [0.15, 0.2) is 0 Å². The number of hydrogen-bond acceptors (Lipinski definition) is 3. The van der Waals surface area contributed by atoms with Crippen molar-refractivity contribution in [2.75, 3.05) is 0 Å². The molecule has 3 nitrogen and oxygen atoms in total. The molecule has 0 saturated heterocycles. The zero-order chi connectivity index (χ0) is 8.57. The summed E-state index contributed by atoms with van der Waals surface area (Å²) in [5.41, 5.74) is 1.31. The molecule has 1 radical (unpaired) electrons. The maximum Gasteiger partial charge on any atom is 0.146 e.